The van der Waals surface area contributed by atoms with E-state index < -0.39 is 5.41 Å². The summed E-state index contributed by atoms with van der Waals surface area (Å²) in [6.07, 6.45) is 1.13. The second kappa shape index (κ2) is 6.97. The maximum Gasteiger partial charge on any atom is 0.240 e. The number of hydrogen-bond donors (Lipinski definition) is 2. The van der Waals surface area contributed by atoms with Crippen molar-refractivity contribution in [2.75, 3.05) is 17.2 Å². The molecule has 2 aromatic carbocycles. The number of rotatable bonds is 6. The predicted molar refractivity (Wildman–Crippen MR) is 97.7 cm³/mol. The van der Waals surface area contributed by atoms with Crippen LogP contribution < -0.4 is 15.4 Å². The van der Waals surface area contributed by atoms with Crippen LogP contribution in [0.25, 0.3) is 0 Å². The van der Waals surface area contributed by atoms with Gasteiger partial charge in [-0.1, -0.05) is 18.2 Å². The summed E-state index contributed by atoms with van der Waals surface area (Å²) >= 11 is 0. The van der Waals surface area contributed by atoms with Gasteiger partial charge in [-0.15, -0.1) is 0 Å². The van der Waals surface area contributed by atoms with Crippen molar-refractivity contribution in [1.82, 2.24) is 0 Å². The fourth-order valence-electron chi connectivity index (χ4n) is 2.69. The second-order valence-corrected chi connectivity index (χ2v) is 6.26. The Morgan fingerprint density at radius 2 is 1.64 bits per heavy atom. The Kier molecular flexibility index (Phi) is 4.74. The maximum atomic E-state index is 12.6. The van der Waals surface area contributed by atoms with Gasteiger partial charge in [0.15, 0.2) is 0 Å². The molecule has 0 aromatic heterocycles. The summed E-state index contributed by atoms with van der Waals surface area (Å²) in [6, 6.07) is 14.7. The van der Waals surface area contributed by atoms with Crippen molar-refractivity contribution in [2.45, 2.75) is 26.7 Å². The third-order valence-corrected chi connectivity index (χ3v) is 4.44. The van der Waals surface area contributed by atoms with Gasteiger partial charge in [-0.3, -0.25) is 9.59 Å². The van der Waals surface area contributed by atoms with Crippen LogP contribution in [0.5, 0.6) is 5.75 Å². The molecule has 0 heterocycles. The fraction of sp³-hybridized carbons (Fsp3) is 0.300. The largest absolute Gasteiger partial charge is 0.494 e. The average Bonchev–Trinajstić information content (AvgIpc) is 3.41. The zero-order chi connectivity index (χ0) is 17.9. The standard InChI is InChI=1S/C20H22N2O3/c1-3-25-16-10-8-15(9-11-16)21-18(23)20(12-13-20)19(24)22-17-7-5-4-6-14(17)2/h4-11H,3,12-13H2,1-2H3,(H,21,23)(H,22,24). The van der Waals surface area contributed by atoms with Crippen molar-refractivity contribution >= 4 is 23.2 Å². The first-order valence-electron chi connectivity index (χ1n) is 8.46. The molecule has 5 nitrogen and oxygen atoms in total. The highest BCUT2D eigenvalue weighted by Crippen LogP contribution is 2.47. The average molecular weight is 338 g/mol. The van der Waals surface area contributed by atoms with Gasteiger partial charge in [0.2, 0.25) is 11.8 Å². The number of benzene rings is 2. The minimum absolute atomic E-state index is 0.245. The van der Waals surface area contributed by atoms with Gasteiger partial charge in [-0.25, -0.2) is 0 Å². The molecule has 0 bridgehead atoms. The van der Waals surface area contributed by atoms with Crippen molar-refractivity contribution in [1.29, 1.82) is 0 Å². The molecule has 0 aliphatic heterocycles. The number of hydrogen-bond acceptors (Lipinski definition) is 3. The van der Waals surface area contributed by atoms with Crippen molar-refractivity contribution in [3.8, 4) is 5.75 Å². The number of para-hydroxylation sites is 1. The highest BCUT2D eigenvalue weighted by molar-refractivity contribution is 6.17. The number of aryl methyl sites for hydroxylation is 1. The Balaban J connectivity index is 1.66. The van der Waals surface area contributed by atoms with Crippen LogP contribution in [0.1, 0.15) is 25.3 Å². The summed E-state index contributed by atoms with van der Waals surface area (Å²) in [4.78, 5) is 25.2. The molecule has 0 radical (unpaired) electrons. The van der Waals surface area contributed by atoms with Gasteiger partial charge in [0.25, 0.3) is 0 Å². The molecule has 2 N–H and O–H groups in total. The third kappa shape index (κ3) is 3.65. The molecule has 25 heavy (non-hydrogen) atoms. The molecule has 2 amide bonds. The van der Waals surface area contributed by atoms with Gasteiger partial charge in [-0.2, -0.15) is 0 Å². The maximum absolute atomic E-state index is 12.6. The van der Waals surface area contributed by atoms with Gasteiger partial charge in [0.05, 0.1) is 6.61 Å². The lowest BCUT2D eigenvalue weighted by Gasteiger charge is -2.16. The first-order chi connectivity index (χ1) is 12.0. The van der Waals surface area contributed by atoms with Gasteiger partial charge >= 0.3 is 0 Å². The minimum atomic E-state index is -0.971. The Bertz CT molecular complexity index is 780. The lowest BCUT2D eigenvalue weighted by atomic mass is 10.0. The lowest BCUT2D eigenvalue weighted by Crippen LogP contribution is -2.35. The van der Waals surface area contributed by atoms with E-state index in [0.29, 0.717) is 25.1 Å². The van der Waals surface area contributed by atoms with Crippen LogP contribution in [-0.2, 0) is 9.59 Å². The molecular weight excluding hydrogens is 316 g/mol. The van der Waals surface area contributed by atoms with Gasteiger partial charge in [0.1, 0.15) is 11.2 Å². The van der Waals surface area contributed by atoms with Crippen LogP contribution in [0.3, 0.4) is 0 Å². The smallest absolute Gasteiger partial charge is 0.240 e. The molecule has 0 spiro atoms. The van der Waals surface area contributed by atoms with Gasteiger partial charge in [0, 0.05) is 11.4 Å². The lowest BCUT2D eigenvalue weighted by molar-refractivity contribution is -0.131. The zero-order valence-corrected chi connectivity index (χ0v) is 14.5. The van der Waals surface area contributed by atoms with Crippen LogP contribution in [0, 0.1) is 12.3 Å². The SMILES string of the molecule is CCOc1ccc(NC(=O)C2(C(=O)Nc3ccccc3C)CC2)cc1. The van der Waals surface area contributed by atoms with E-state index in [9.17, 15) is 9.59 Å². The van der Waals surface area contributed by atoms with Crippen LogP contribution >= 0.6 is 0 Å². The third-order valence-electron chi connectivity index (χ3n) is 4.44. The first kappa shape index (κ1) is 17.0. The molecule has 1 aliphatic carbocycles. The summed E-state index contributed by atoms with van der Waals surface area (Å²) in [6.45, 7) is 4.43. The number of carbonyl (C=O) groups is 2. The fourth-order valence-corrected chi connectivity index (χ4v) is 2.69. The van der Waals surface area contributed by atoms with Gasteiger partial charge < -0.3 is 15.4 Å². The molecule has 3 rings (SSSR count). The molecule has 0 saturated heterocycles. The number of ether oxygens (including phenoxy) is 1. The molecule has 1 aliphatic rings. The van der Waals surface area contributed by atoms with Crippen molar-refractivity contribution in [2.24, 2.45) is 5.41 Å². The molecular formula is C20H22N2O3. The summed E-state index contributed by atoms with van der Waals surface area (Å²) in [5.41, 5.74) is 1.40. The van der Waals surface area contributed by atoms with Crippen LogP contribution in [0.15, 0.2) is 48.5 Å². The zero-order valence-electron chi connectivity index (χ0n) is 14.5. The monoisotopic (exact) mass is 338 g/mol. The highest BCUT2D eigenvalue weighted by atomic mass is 16.5. The van der Waals surface area contributed by atoms with Crippen LogP contribution in [0.4, 0.5) is 11.4 Å². The van der Waals surface area contributed by atoms with Crippen LogP contribution in [-0.4, -0.2) is 18.4 Å². The van der Waals surface area contributed by atoms with E-state index in [0.717, 1.165) is 17.0 Å². The van der Waals surface area contributed by atoms with Crippen molar-refractivity contribution < 1.29 is 14.3 Å². The number of amides is 2. The summed E-state index contributed by atoms with van der Waals surface area (Å²) < 4.78 is 5.38. The van der Waals surface area contributed by atoms with Crippen molar-refractivity contribution in [3.05, 3.63) is 54.1 Å². The first-order valence-corrected chi connectivity index (χ1v) is 8.46. The number of anilines is 2. The normalized spacial score (nSPS) is 14.5. The molecule has 1 fully saturated rings. The molecule has 1 saturated carbocycles. The molecule has 2 aromatic rings. The van der Waals surface area contributed by atoms with Crippen molar-refractivity contribution in [3.63, 3.8) is 0 Å². The topological polar surface area (TPSA) is 67.4 Å². The minimum Gasteiger partial charge on any atom is -0.494 e. The van der Waals surface area contributed by atoms with Crippen LogP contribution in [0.2, 0.25) is 0 Å². The molecule has 0 atom stereocenters. The Morgan fingerprint density at radius 3 is 2.24 bits per heavy atom. The highest BCUT2D eigenvalue weighted by Gasteiger charge is 2.56. The summed E-state index contributed by atoms with van der Waals surface area (Å²) in [5.74, 6) is 0.243. The van der Waals surface area contributed by atoms with E-state index in [-0.39, 0.29) is 11.8 Å². The summed E-state index contributed by atoms with van der Waals surface area (Å²) in [5, 5.41) is 5.73. The Morgan fingerprint density at radius 1 is 1.00 bits per heavy atom. The van der Waals surface area contributed by atoms with E-state index in [1.807, 2.05) is 38.1 Å². The number of nitrogens with one attached hydrogen (secondary N) is 2. The predicted octanol–water partition coefficient (Wildman–Crippen LogP) is 3.75. The Hall–Kier alpha value is -2.82. The van der Waals surface area contributed by atoms with Gasteiger partial charge in [-0.05, 0) is 62.6 Å². The molecule has 5 heteroatoms. The molecule has 0 unspecified atom stereocenters. The van der Waals surface area contributed by atoms with E-state index in [1.54, 1.807) is 24.3 Å². The van der Waals surface area contributed by atoms with E-state index in [1.165, 1.54) is 0 Å². The summed E-state index contributed by atoms with van der Waals surface area (Å²) in [7, 11) is 0. The molecule has 130 valence electrons. The Labute approximate surface area is 147 Å². The van der Waals surface area contributed by atoms with E-state index in [2.05, 4.69) is 10.6 Å². The quantitative estimate of drug-likeness (QED) is 0.788. The second-order valence-electron chi connectivity index (χ2n) is 6.26. The van der Waals surface area contributed by atoms with E-state index in [4.69, 9.17) is 4.74 Å². The number of carbonyl (C=O) groups excluding carboxylic acids is 2. The van der Waals surface area contributed by atoms with E-state index >= 15 is 0 Å².